The van der Waals surface area contributed by atoms with Crippen LogP contribution in [0.1, 0.15) is 54.7 Å². The third kappa shape index (κ3) is 2.58. The van der Waals surface area contributed by atoms with E-state index < -0.39 is 0 Å². The van der Waals surface area contributed by atoms with Crippen molar-refractivity contribution < 1.29 is 4.79 Å². The molecule has 0 aromatic carbocycles. The summed E-state index contributed by atoms with van der Waals surface area (Å²) in [4.78, 5) is 37.3. The van der Waals surface area contributed by atoms with Crippen molar-refractivity contribution in [3.63, 3.8) is 0 Å². The number of rotatable bonds is 3. The van der Waals surface area contributed by atoms with E-state index in [0.29, 0.717) is 21.9 Å². The maximum absolute atomic E-state index is 12.4. The van der Waals surface area contributed by atoms with Gasteiger partial charge in [0.2, 0.25) is 0 Å². The van der Waals surface area contributed by atoms with Gasteiger partial charge in [0.15, 0.2) is 17.1 Å². The number of Topliss-reactive ketones (excluding diaryl/α,β-unsaturated/α-hetero) is 1. The lowest BCUT2D eigenvalue weighted by molar-refractivity contribution is 0.102. The van der Waals surface area contributed by atoms with Crippen molar-refractivity contribution in [3.8, 4) is 10.6 Å². The van der Waals surface area contributed by atoms with Gasteiger partial charge in [-0.05, 0) is 31.9 Å². The molecule has 0 spiro atoms. The molecule has 6 nitrogen and oxygen atoms in total. The Morgan fingerprint density at radius 1 is 1.29 bits per heavy atom. The summed E-state index contributed by atoms with van der Waals surface area (Å²) in [6.45, 7) is 1.55. The Bertz CT molecular complexity index is 963. The minimum Gasteiger partial charge on any atom is -0.294 e. The standard InChI is InChI=1S/C17H18N4O2S/c1-10(22)13-7-8-14(24-13)12-9-18-15-16(19-12)21(17(23)20-15)11-5-3-2-4-6-11/h7-9,11H,2-6H2,1H3,(H,18,20,23). The van der Waals surface area contributed by atoms with Gasteiger partial charge in [-0.1, -0.05) is 19.3 Å². The first-order chi connectivity index (χ1) is 11.6. The molecule has 124 valence electrons. The fourth-order valence-electron chi connectivity index (χ4n) is 3.35. The SMILES string of the molecule is CC(=O)c1ccc(-c2cnc3[nH]c(=O)n(C4CCCCC4)c3n2)s1. The molecule has 0 unspecified atom stereocenters. The molecule has 24 heavy (non-hydrogen) atoms. The number of nitrogens with zero attached hydrogens (tertiary/aromatic N) is 3. The van der Waals surface area contributed by atoms with Gasteiger partial charge in [0, 0.05) is 6.04 Å². The minimum absolute atomic E-state index is 0.0426. The van der Waals surface area contributed by atoms with Crippen molar-refractivity contribution >= 4 is 28.4 Å². The smallest absolute Gasteiger partial charge is 0.294 e. The number of aromatic nitrogens is 4. The van der Waals surface area contributed by atoms with E-state index >= 15 is 0 Å². The zero-order valence-corrected chi connectivity index (χ0v) is 14.2. The highest BCUT2D eigenvalue weighted by molar-refractivity contribution is 7.17. The van der Waals surface area contributed by atoms with Gasteiger partial charge in [-0.25, -0.2) is 14.8 Å². The monoisotopic (exact) mass is 342 g/mol. The first-order valence-corrected chi connectivity index (χ1v) is 9.03. The number of hydrogen-bond donors (Lipinski definition) is 1. The van der Waals surface area contributed by atoms with E-state index in [2.05, 4.69) is 15.0 Å². The molecular weight excluding hydrogens is 324 g/mol. The van der Waals surface area contributed by atoms with Crippen molar-refractivity contribution in [2.75, 3.05) is 0 Å². The molecule has 1 aliphatic rings. The van der Waals surface area contributed by atoms with E-state index in [0.717, 1.165) is 30.6 Å². The maximum atomic E-state index is 12.4. The van der Waals surface area contributed by atoms with Crippen LogP contribution in [0.25, 0.3) is 21.9 Å². The molecule has 7 heteroatoms. The summed E-state index contributed by atoms with van der Waals surface area (Å²) in [7, 11) is 0. The Morgan fingerprint density at radius 3 is 2.79 bits per heavy atom. The number of aromatic amines is 1. The second-order valence-corrected chi connectivity index (χ2v) is 7.32. The molecule has 3 aromatic rings. The van der Waals surface area contributed by atoms with E-state index in [-0.39, 0.29) is 17.5 Å². The maximum Gasteiger partial charge on any atom is 0.329 e. The van der Waals surface area contributed by atoms with E-state index in [1.54, 1.807) is 23.8 Å². The van der Waals surface area contributed by atoms with Crippen LogP contribution in [0, 0.1) is 0 Å². The molecule has 0 bridgehead atoms. The number of ketones is 1. The lowest BCUT2D eigenvalue weighted by atomic mass is 9.95. The third-order valence-corrected chi connectivity index (χ3v) is 5.78. The predicted molar refractivity (Wildman–Crippen MR) is 93.6 cm³/mol. The van der Waals surface area contributed by atoms with Gasteiger partial charge in [-0.15, -0.1) is 11.3 Å². The quantitative estimate of drug-likeness (QED) is 0.738. The summed E-state index contributed by atoms with van der Waals surface area (Å²) in [5.74, 6) is 0.0426. The Morgan fingerprint density at radius 2 is 2.08 bits per heavy atom. The van der Waals surface area contributed by atoms with E-state index in [4.69, 9.17) is 0 Å². The van der Waals surface area contributed by atoms with Crippen molar-refractivity contribution in [1.29, 1.82) is 0 Å². The Hall–Kier alpha value is -2.28. The van der Waals surface area contributed by atoms with Crippen molar-refractivity contribution in [2.45, 2.75) is 45.1 Å². The fourth-order valence-corrected chi connectivity index (χ4v) is 4.21. The first-order valence-electron chi connectivity index (χ1n) is 8.22. The number of thiophene rings is 1. The number of carbonyl (C=O) groups excluding carboxylic acids is 1. The van der Waals surface area contributed by atoms with Crippen molar-refractivity contribution in [2.24, 2.45) is 0 Å². The first kappa shape index (κ1) is 15.3. The van der Waals surface area contributed by atoms with Crippen LogP contribution < -0.4 is 5.69 Å². The van der Waals surface area contributed by atoms with Crippen LogP contribution in [0.5, 0.6) is 0 Å². The number of nitrogens with one attached hydrogen (secondary N) is 1. The Kier molecular flexibility index (Phi) is 3.80. The number of H-pyrrole nitrogens is 1. The van der Waals surface area contributed by atoms with Gasteiger partial charge >= 0.3 is 5.69 Å². The van der Waals surface area contributed by atoms with Crippen LogP contribution in [0.2, 0.25) is 0 Å². The molecular formula is C17H18N4O2S. The third-order valence-electron chi connectivity index (χ3n) is 4.57. The summed E-state index contributed by atoms with van der Waals surface area (Å²) in [5.41, 5.74) is 1.70. The molecule has 0 radical (unpaired) electrons. The van der Waals surface area contributed by atoms with Gasteiger partial charge in [0.05, 0.1) is 16.0 Å². The van der Waals surface area contributed by atoms with Crippen molar-refractivity contribution in [3.05, 3.63) is 33.7 Å². The molecule has 0 amide bonds. The van der Waals surface area contributed by atoms with Gasteiger partial charge in [0.25, 0.3) is 0 Å². The molecule has 1 N–H and O–H groups in total. The fraction of sp³-hybridized carbons (Fsp3) is 0.412. The number of hydrogen-bond acceptors (Lipinski definition) is 5. The van der Waals surface area contributed by atoms with Crippen LogP contribution in [0.3, 0.4) is 0 Å². The summed E-state index contributed by atoms with van der Waals surface area (Å²) >= 11 is 1.40. The summed E-state index contributed by atoms with van der Waals surface area (Å²) < 4.78 is 1.77. The number of fused-ring (bicyclic) bond motifs is 1. The van der Waals surface area contributed by atoms with Crippen LogP contribution >= 0.6 is 11.3 Å². The zero-order valence-electron chi connectivity index (χ0n) is 13.4. The lowest BCUT2D eigenvalue weighted by Crippen LogP contribution is -2.24. The van der Waals surface area contributed by atoms with Crippen molar-refractivity contribution in [1.82, 2.24) is 19.5 Å². The highest BCUT2D eigenvalue weighted by atomic mass is 32.1. The highest BCUT2D eigenvalue weighted by Crippen LogP contribution is 2.30. The van der Waals surface area contributed by atoms with Crippen LogP contribution in [-0.4, -0.2) is 25.3 Å². The summed E-state index contributed by atoms with van der Waals surface area (Å²) in [6.07, 6.45) is 7.18. The number of imidazole rings is 1. The molecule has 0 atom stereocenters. The summed E-state index contributed by atoms with van der Waals surface area (Å²) in [5, 5.41) is 0. The molecule has 4 rings (SSSR count). The predicted octanol–water partition coefficient (Wildman–Crippen LogP) is 3.56. The lowest BCUT2D eigenvalue weighted by Gasteiger charge is -2.22. The van der Waals surface area contributed by atoms with Gasteiger partial charge in [-0.2, -0.15) is 0 Å². The normalized spacial score (nSPS) is 15.9. The molecule has 3 heterocycles. The Balaban J connectivity index is 1.81. The highest BCUT2D eigenvalue weighted by Gasteiger charge is 2.21. The molecule has 0 aliphatic heterocycles. The molecule has 1 saturated carbocycles. The van der Waals surface area contributed by atoms with Gasteiger partial charge in [0.1, 0.15) is 5.69 Å². The van der Waals surface area contributed by atoms with E-state index in [1.165, 1.54) is 17.8 Å². The molecule has 1 fully saturated rings. The second kappa shape index (κ2) is 5.98. The van der Waals surface area contributed by atoms with Crippen LogP contribution in [0.4, 0.5) is 0 Å². The van der Waals surface area contributed by atoms with Gasteiger partial charge in [-0.3, -0.25) is 14.3 Å². The average Bonchev–Trinajstić information content (AvgIpc) is 3.19. The van der Waals surface area contributed by atoms with E-state index in [9.17, 15) is 9.59 Å². The largest absolute Gasteiger partial charge is 0.329 e. The zero-order chi connectivity index (χ0) is 16.7. The molecule has 0 saturated heterocycles. The Labute approximate surface area is 142 Å². The average molecular weight is 342 g/mol. The van der Waals surface area contributed by atoms with E-state index in [1.807, 2.05) is 6.07 Å². The van der Waals surface area contributed by atoms with Gasteiger partial charge < -0.3 is 0 Å². The molecule has 3 aromatic heterocycles. The molecule has 1 aliphatic carbocycles. The minimum atomic E-state index is -0.135. The second-order valence-electron chi connectivity index (χ2n) is 6.24. The number of carbonyl (C=O) groups is 1. The van der Waals surface area contributed by atoms with Crippen LogP contribution in [-0.2, 0) is 0 Å². The summed E-state index contributed by atoms with van der Waals surface area (Å²) in [6, 6.07) is 3.88. The van der Waals surface area contributed by atoms with Crippen LogP contribution in [0.15, 0.2) is 23.1 Å². The topological polar surface area (TPSA) is 80.6 Å².